The van der Waals surface area contributed by atoms with Crippen molar-refractivity contribution in [2.75, 3.05) is 17.7 Å². The van der Waals surface area contributed by atoms with Crippen molar-refractivity contribution in [3.8, 4) is 0 Å². The van der Waals surface area contributed by atoms with Crippen LogP contribution in [-0.2, 0) is 0 Å². The molecule has 1 rings (SSSR count). The van der Waals surface area contributed by atoms with Crippen molar-refractivity contribution in [2.24, 2.45) is 5.92 Å². The van der Waals surface area contributed by atoms with Crippen molar-refractivity contribution >= 4 is 17.4 Å². The van der Waals surface area contributed by atoms with Gasteiger partial charge in [-0.3, -0.25) is 0 Å². The number of hydrogen-bond acceptors (Lipinski definition) is 2. The third kappa shape index (κ3) is 3.93. The van der Waals surface area contributed by atoms with Crippen LogP contribution >= 0.6 is 11.6 Å². The Labute approximate surface area is 99.0 Å². The summed E-state index contributed by atoms with van der Waals surface area (Å²) in [4.78, 5) is 3.65. The fraction of sp³-hybridized carbons (Fsp3) is 0.545. The molecule has 5 heteroatoms. The van der Waals surface area contributed by atoms with Gasteiger partial charge in [0.15, 0.2) is 11.6 Å². The highest BCUT2D eigenvalue weighted by Gasteiger charge is 2.09. The number of hydrogen-bond donors (Lipinski definition) is 1. The van der Waals surface area contributed by atoms with Crippen LogP contribution in [0.15, 0.2) is 12.3 Å². The molecule has 1 atom stereocenters. The van der Waals surface area contributed by atoms with Gasteiger partial charge in [0.1, 0.15) is 5.82 Å². The van der Waals surface area contributed by atoms with Crippen LogP contribution in [0.3, 0.4) is 0 Å². The predicted octanol–water partition coefficient (Wildman–Crippen LogP) is 3.43. The van der Waals surface area contributed by atoms with E-state index in [1.165, 1.54) is 0 Å². The van der Waals surface area contributed by atoms with E-state index < -0.39 is 11.6 Å². The molecule has 0 aliphatic rings. The van der Waals surface area contributed by atoms with E-state index in [2.05, 4.69) is 10.3 Å². The van der Waals surface area contributed by atoms with Crippen LogP contribution in [0.5, 0.6) is 0 Å². The molecule has 16 heavy (non-hydrogen) atoms. The predicted molar refractivity (Wildman–Crippen MR) is 61.8 cm³/mol. The largest absolute Gasteiger partial charge is 0.367 e. The lowest BCUT2D eigenvalue weighted by Gasteiger charge is -2.14. The molecule has 1 unspecified atom stereocenters. The molecule has 90 valence electrons. The second-order valence-electron chi connectivity index (χ2n) is 3.62. The minimum Gasteiger partial charge on any atom is -0.367 e. The Bertz CT molecular complexity index is 334. The lowest BCUT2D eigenvalue weighted by Crippen LogP contribution is -2.15. The van der Waals surface area contributed by atoms with Gasteiger partial charge in [0.05, 0.1) is 6.20 Å². The minimum atomic E-state index is -0.671. The molecule has 0 saturated carbocycles. The number of rotatable bonds is 6. The molecule has 1 aromatic heterocycles. The van der Waals surface area contributed by atoms with Crippen LogP contribution < -0.4 is 5.32 Å². The third-order valence-corrected chi connectivity index (χ3v) is 2.68. The van der Waals surface area contributed by atoms with Crippen LogP contribution in [0.2, 0.25) is 0 Å². The van der Waals surface area contributed by atoms with Gasteiger partial charge in [-0.1, -0.05) is 13.3 Å². The Morgan fingerprint density at radius 1 is 1.50 bits per heavy atom. The summed E-state index contributed by atoms with van der Waals surface area (Å²) in [6.07, 6.45) is 2.82. The smallest absolute Gasteiger partial charge is 0.168 e. The maximum absolute atomic E-state index is 13.2. The normalized spacial score (nSPS) is 12.5. The monoisotopic (exact) mass is 248 g/mol. The Morgan fingerprint density at radius 2 is 2.25 bits per heavy atom. The fourth-order valence-electron chi connectivity index (χ4n) is 1.39. The molecule has 0 saturated heterocycles. The van der Waals surface area contributed by atoms with Crippen LogP contribution in [0.4, 0.5) is 14.6 Å². The van der Waals surface area contributed by atoms with Crippen LogP contribution in [0.25, 0.3) is 0 Å². The van der Waals surface area contributed by atoms with Gasteiger partial charge < -0.3 is 5.32 Å². The number of pyridine rings is 1. The minimum absolute atomic E-state index is 0.0921. The Balaban J connectivity index is 2.53. The average Bonchev–Trinajstić information content (AvgIpc) is 2.26. The van der Waals surface area contributed by atoms with E-state index >= 15 is 0 Å². The first-order valence-corrected chi connectivity index (χ1v) is 5.81. The second kappa shape index (κ2) is 6.63. The van der Waals surface area contributed by atoms with Crippen molar-refractivity contribution in [2.45, 2.75) is 19.8 Å². The highest BCUT2D eigenvalue weighted by molar-refractivity contribution is 6.17. The van der Waals surface area contributed by atoms with Gasteiger partial charge >= 0.3 is 0 Å². The summed E-state index contributed by atoms with van der Waals surface area (Å²) in [6.45, 7) is 2.64. The molecule has 0 spiro atoms. The topological polar surface area (TPSA) is 24.9 Å². The number of halogens is 3. The first-order chi connectivity index (χ1) is 7.67. The highest BCUT2D eigenvalue weighted by Crippen LogP contribution is 2.14. The molecule has 0 fully saturated rings. The van der Waals surface area contributed by atoms with Gasteiger partial charge in [-0.2, -0.15) is 0 Å². The van der Waals surface area contributed by atoms with Gasteiger partial charge in [0.25, 0.3) is 0 Å². The summed E-state index contributed by atoms with van der Waals surface area (Å²) in [5, 5.41) is 2.86. The van der Waals surface area contributed by atoms with E-state index in [-0.39, 0.29) is 5.82 Å². The maximum atomic E-state index is 13.2. The van der Waals surface area contributed by atoms with Gasteiger partial charge in [-0.25, -0.2) is 13.8 Å². The molecule has 0 aromatic carbocycles. The van der Waals surface area contributed by atoms with E-state index in [0.29, 0.717) is 18.3 Å². The Morgan fingerprint density at radius 3 is 2.81 bits per heavy atom. The Kier molecular flexibility index (Phi) is 5.46. The number of nitrogens with one attached hydrogen (secondary N) is 1. The fourth-order valence-corrected chi connectivity index (χ4v) is 1.70. The number of alkyl halides is 1. The molecular formula is C11H15ClF2N2. The lowest BCUT2D eigenvalue weighted by atomic mass is 10.0. The van der Waals surface area contributed by atoms with E-state index in [0.717, 1.165) is 25.1 Å². The molecule has 0 aliphatic heterocycles. The second-order valence-corrected chi connectivity index (χ2v) is 3.99. The third-order valence-electron chi connectivity index (χ3n) is 2.46. The summed E-state index contributed by atoms with van der Waals surface area (Å²) in [6, 6.07) is 0.817. The summed E-state index contributed by atoms with van der Waals surface area (Å²) >= 11 is 5.64. The van der Waals surface area contributed by atoms with E-state index in [1.54, 1.807) is 0 Å². The summed E-state index contributed by atoms with van der Waals surface area (Å²) < 4.78 is 25.8. The van der Waals surface area contributed by atoms with Gasteiger partial charge in [0, 0.05) is 18.5 Å². The molecule has 1 N–H and O–H groups in total. The zero-order chi connectivity index (χ0) is 12.0. The molecule has 0 amide bonds. The lowest BCUT2D eigenvalue weighted by molar-refractivity contribution is 0.517. The van der Waals surface area contributed by atoms with Crippen molar-refractivity contribution in [3.05, 3.63) is 23.9 Å². The highest BCUT2D eigenvalue weighted by atomic mass is 35.5. The molecule has 0 aliphatic carbocycles. The van der Waals surface area contributed by atoms with E-state index in [9.17, 15) is 8.78 Å². The molecule has 0 bridgehead atoms. The number of anilines is 1. The van der Waals surface area contributed by atoms with Crippen molar-refractivity contribution in [1.29, 1.82) is 0 Å². The number of aromatic nitrogens is 1. The van der Waals surface area contributed by atoms with Crippen LogP contribution in [0.1, 0.15) is 19.8 Å². The van der Waals surface area contributed by atoms with Crippen molar-refractivity contribution < 1.29 is 8.78 Å². The molecule has 0 radical (unpaired) electrons. The van der Waals surface area contributed by atoms with Crippen molar-refractivity contribution in [3.63, 3.8) is 0 Å². The summed E-state index contributed by atoms with van der Waals surface area (Å²) in [7, 11) is 0. The van der Waals surface area contributed by atoms with Gasteiger partial charge in [-0.15, -0.1) is 11.6 Å². The van der Waals surface area contributed by atoms with Crippen LogP contribution in [0, 0.1) is 17.6 Å². The summed E-state index contributed by atoms with van der Waals surface area (Å²) in [5.41, 5.74) is 0. The molecule has 1 aromatic rings. The Hall–Kier alpha value is -0.900. The molecule has 1 heterocycles. The number of nitrogens with zero attached hydrogens (tertiary/aromatic N) is 1. The van der Waals surface area contributed by atoms with E-state index in [4.69, 9.17) is 11.6 Å². The van der Waals surface area contributed by atoms with Crippen molar-refractivity contribution in [1.82, 2.24) is 4.98 Å². The van der Waals surface area contributed by atoms with E-state index in [1.807, 2.05) is 6.92 Å². The quantitative estimate of drug-likeness (QED) is 0.781. The zero-order valence-electron chi connectivity index (χ0n) is 9.14. The average molecular weight is 249 g/mol. The van der Waals surface area contributed by atoms with Gasteiger partial charge in [0.2, 0.25) is 0 Å². The first kappa shape index (κ1) is 13.2. The first-order valence-electron chi connectivity index (χ1n) is 5.28. The SMILES string of the molecule is CCC(CCCl)CNc1ncc(F)cc1F. The standard InChI is InChI=1S/C11H15ClF2N2/c1-2-8(3-4-12)6-15-11-10(14)5-9(13)7-16-11/h5,7-8H,2-4,6H2,1H3,(H,15,16). The van der Waals surface area contributed by atoms with Crippen LogP contribution in [-0.4, -0.2) is 17.4 Å². The molecule has 2 nitrogen and oxygen atoms in total. The summed E-state index contributed by atoms with van der Waals surface area (Å²) in [5.74, 6) is -0.283. The maximum Gasteiger partial charge on any atom is 0.168 e. The van der Waals surface area contributed by atoms with Gasteiger partial charge in [-0.05, 0) is 12.3 Å². The molecular weight excluding hydrogens is 234 g/mol. The zero-order valence-corrected chi connectivity index (χ0v) is 9.90.